The fourth-order valence-electron chi connectivity index (χ4n) is 2.59. The Morgan fingerprint density at radius 1 is 1.16 bits per heavy atom. The molecule has 1 aromatic rings. The van der Waals surface area contributed by atoms with Crippen LogP contribution in [0.25, 0.3) is 0 Å². The molecule has 0 radical (unpaired) electrons. The molecule has 5 heteroatoms. The summed E-state index contributed by atoms with van der Waals surface area (Å²) < 4.78 is 52.2. The molecule has 1 aliphatic carbocycles. The van der Waals surface area contributed by atoms with Crippen molar-refractivity contribution in [1.82, 2.24) is 0 Å². The number of aryl methyl sites for hydroxylation is 1. The molecule has 0 spiro atoms. The van der Waals surface area contributed by atoms with Crippen LogP contribution in [0.2, 0.25) is 0 Å². The van der Waals surface area contributed by atoms with Gasteiger partial charge in [-0.2, -0.15) is 13.2 Å². The number of benzene rings is 1. The van der Waals surface area contributed by atoms with Crippen LogP contribution in [0.1, 0.15) is 31.2 Å². The van der Waals surface area contributed by atoms with Gasteiger partial charge >= 0.3 is 6.18 Å². The van der Waals surface area contributed by atoms with Gasteiger partial charge in [0.25, 0.3) is 0 Å². The summed E-state index contributed by atoms with van der Waals surface area (Å²) in [5.41, 5.74) is 0.908. The van der Waals surface area contributed by atoms with Gasteiger partial charge < -0.3 is 5.32 Å². The highest BCUT2D eigenvalue weighted by molar-refractivity contribution is 5.46. The van der Waals surface area contributed by atoms with Gasteiger partial charge in [-0.15, -0.1) is 0 Å². The molecule has 0 bridgehead atoms. The van der Waals surface area contributed by atoms with Gasteiger partial charge in [0.05, 0.1) is 5.92 Å². The highest BCUT2D eigenvalue weighted by atomic mass is 19.4. The van der Waals surface area contributed by atoms with E-state index in [0.717, 1.165) is 6.42 Å². The van der Waals surface area contributed by atoms with E-state index in [9.17, 15) is 17.6 Å². The highest BCUT2D eigenvalue weighted by Crippen LogP contribution is 2.39. The molecule has 1 aliphatic rings. The molecule has 2 unspecified atom stereocenters. The Morgan fingerprint density at radius 2 is 1.84 bits per heavy atom. The Hall–Kier alpha value is -1.26. The molecular formula is C14H17F4N. The van der Waals surface area contributed by atoms with Crippen LogP contribution in [0.15, 0.2) is 18.2 Å². The van der Waals surface area contributed by atoms with Crippen molar-refractivity contribution in [3.8, 4) is 0 Å². The molecule has 0 aromatic heterocycles. The lowest BCUT2D eigenvalue weighted by atomic mass is 9.84. The molecule has 0 saturated heterocycles. The molecule has 1 N–H and O–H groups in total. The van der Waals surface area contributed by atoms with Crippen molar-refractivity contribution in [3.63, 3.8) is 0 Å². The van der Waals surface area contributed by atoms with Crippen LogP contribution in [0, 0.1) is 18.7 Å². The second kappa shape index (κ2) is 5.39. The number of anilines is 1. The van der Waals surface area contributed by atoms with Gasteiger partial charge in [0.1, 0.15) is 5.82 Å². The lowest BCUT2D eigenvalue weighted by Gasteiger charge is -2.34. The molecule has 1 fully saturated rings. The summed E-state index contributed by atoms with van der Waals surface area (Å²) in [5.74, 6) is -1.74. The van der Waals surface area contributed by atoms with Crippen molar-refractivity contribution in [1.29, 1.82) is 0 Å². The Bertz CT molecular complexity index is 442. The normalized spacial score (nSPS) is 24.3. The van der Waals surface area contributed by atoms with Crippen molar-refractivity contribution in [2.24, 2.45) is 5.92 Å². The number of hydrogen-bond donors (Lipinski definition) is 1. The summed E-state index contributed by atoms with van der Waals surface area (Å²) in [6, 6.07) is 3.80. The number of rotatable bonds is 2. The van der Waals surface area contributed by atoms with Crippen LogP contribution in [-0.4, -0.2) is 12.2 Å². The fourth-order valence-corrected chi connectivity index (χ4v) is 2.59. The maximum atomic E-state index is 13.4. The Morgan fingerprint density at radius 3 is 2.47 bits per heavy atom. The second-order valence-corrected chi connectivity index (χ2v) is 5.15. The van der Waals surface area contributed by atoms with Gasteiger partial charge in [0, 0.05) is 11.7 Å². The maximum Gasteiger partial charge on any atom is 0.393 e. The van der Waals surface area contributed by atoms with Crippen molar-refractivity contribution in [2.45, 2.75) is 44.8 Å². The molecule has 2 atom stereocenters. The third-order valence-electron chi connectivity index (χ3n) is 3.71. The van der Waals surface area contributed by atoms with Gasteiger partial charge in [-0.1, -0.05) is 18.9 Å². The maximum absolute atomic E-state index is 13.4. The van der Waals surface area contributed by atoms with E-state index in [-0.39, 0.29) is 6.42 Å². The smallest absolute Gasteiger partial charge is 0.382 e. The van der Waals surface area contributed by atoms with Crippen molar-refractivity contribution in [3.05, 3.63) is 29.6 Å². The second-order valence-electron chi connectivity index (χ2n) is 5.15. The number of halogens is 4. The summed E-state index contributed by atoms with van der Waals surface area (Å²) in [4.78, 5) is 0. The zero-order valence-corrected chi connectivity index (χ0v) is 10.7. The van der Waals surface area contributed by atoms with E-state index in [1.807, 2.05) is 0 Å². The van der Waals surface area contributed by atoms with Gasteiger partial charge in [-0.3, -0.25) is 0 Å². The number of hydrogen-bond acceptors (Lipinski definition) is 1. The molecule has 1 saturated carbocycles. The van der Waals surface area contributed by atoms with Crippen molar-refractivity contribution < 1.29 is 17.6 Å². The lowest BCUT2D eigenvalue weighted by molar-refractivity contribution is -0.184. The summed E-state index contributed by atoms with van der Waals surface area (Å²) in [5, 5.41) is 2.85. The molecule has 19 heavy (non-hydrogen) atoms. The first-order valence-corrected chi connectivity index (χ1v) is 6.47. The molecule has 0 heterocycles. The van der Waals surface area contributed by atoms with E-state index in [1.165, 1.54) is 6.07 Å². The van der Waals surface area contributed by atoms with Crippen molar-refractivity contribution in [2.75, 3.05) is 5.32 Å². The molecule has 106 valence electrons. The summed E-state index contributed by atoms with van der Waals surface area (Å²) in [7, 11) is 0. The third-order valence-corrected chi connectivity index (χ3v) is 3.71. The summed E-state index contributed by atoms with van der Waals surface area (Å²) in [6.07, 6.45) is -2.19. The van der Waals surface area contributed by atoms with Crippen LogP contribution in [0.5, 0.6) is 0 Å². The van der Waals surface area contributed by atoms with Crippen LogP contribution in [0.4, 0.5) is 23.2 Å². The highest BCUT2D eigenvalue weighted by Gasteiger charge is 2.45. The van der Waals surface area contributed by atoms with E-state index >= 15 is 0 Å². The first-order chi connectivity index (χ1) is 8.88. The van der Waals surface area contributed by atoms with Gasteiger partial charge in [0.15, 0.2) is 0 Å². The quantitative estimate of drug-likeness (QED) is 0.773. The van der Waals surface area contributed by atoms with E-state index in [1.54, 1.807) is 19.1 Å². The Balaban J connectivity index is 2.13. The Labute approximate surface area is 110 Å². The minimum Gasteiger partial charge on any atom is -0.382 e. The first-order valence-electron chi connectivity index (χ1n) is 6.47. The van der Waals surface area contributed by atoms with Gasteiger partial charge in [-0.05, 0) is 37.5 Å². The largest absolute Gasteiger partial charge is 0.393 e. The number of alkyl halides is 3. The standard InChI is InChI=1S/C14H17F4N/c1-9-6-7-10(8-12(9)15)19-13-5-3-2-4-11(13)14(16,17)18/h6-8,11,13,19H,2-5H2,1H3. The molecule has 1 aromatic carbocycles. The predicted octanol–water partition coefficient (Wildman–Crippen LogP) is 4.67. The zero-order chi connectivity index (χ0) is 14.0. The Kier molecular flexibility index (Phi) is 4.02. The van der Waals surface area contributed by atoms with Gasteiger partial charge in [0.2, 0.25) is 0 Å². The minimum absolute atomic E-state index is 0.148. The monoisotopic (exact) mass is 275 g/mol. The van der Waals surface area contributed by atoms with Crippen LogP contribution < -0.4 is 5.32 Å². The fraction of sp³-hybridized carbons (Fsp3) is 0.571. The third kappa shape index (κ3) is 3.39. The molecule has 2 rings (SSSR count). The zero-order valence-electron chi connectivity index (χ0n) is 10.7. The molecule has 1 nitrogen and oxygen atoms in total. The van der Waals surface area contributed by atoms with Crippen LogP contribution in [0.3, 0.4) is 0 Å². The summed E-state index contributed by atoms with van der Waals surface area (Å²) in [6.45, 7) is 1.62. The van der Waals surface area contributed by atoms with E-state index in [4.69, 9.17) is 0 Å². The van der Waals surface area contributed by atoms with E-state index < -0.39 is 24.0 Å². The average molecular weight is 275 g/mol. The summed E-state index contributed by atoms with van der Waals surface area (Å²) >= 11 is 0. The van der Waals surface area contributed by atoms with Crippen molar-refractivity contribution >= 4 is 5.69 Å². The average Bonchev–Trinajstić information content (AvgIpc) is 2.33. The number of nitrogens with one attached hydrogen (secondary N) is 1. The SMILES string of the molecule is Cc1ccc(NC2CCCCC2C(F)(F)F)cc1F. The molecule has 0 aliphatic heterocycles. The van der Waals surface area contributed by atoms with Crippen LogP contribution in [-0.2, 0) is 0 Å². The molecule has 0 amide bonds. The van der Waals surface area contributed by atoms with E-state index in [0.29, 0.717) is 24.1 Å². The van der Waals surface area contributed by atoms with Gasteiger partial charge in [-0.25, -0.2) is 4.39 Å². The van der Waals surface area contributed by atoms with E-state index in [2.05, 4.69) is 5.32 Å². The minimum atomic E-state index is -4.19. The first kappa shape index (κ1) is 14.2. The predicted molar refractivity (Wildman–Crippen MR) is 66.6 cm³/mol. The topological polar surface area (TPSA) is 12.0 Å². The lowest BCUT2D eigenvalue weighted by Crippen LogP contribution is -2.41. The molecular weight excluding hydrogens is 258 g/mol. The van der Waals surface area contributed by atoms with Crippen LogP contribution >= 0.6 is 0 Å².